The first-order chi connectivity index (χ1) is 12.2. The van der Waals surface area contributed by atoms with E-state index in [1.165, 1.54) is 12.1 Å². The summed E-state index contributed by atoms with van der Waals surface area (Å²) < 4.78 is 17.1. The van der Waals surface area contributed by atoms with Gasteiger partial charge in [0.05, 0.1) is 19.8 Å². The van der Waals surface area contributed by atoms with Gasteiger partial charge in [0.25, 0.3) is 0 Å². The molecule has 1 aromatic carbocycles. The minimum atomic E-state index is -0.0504. The van der Waals surface area contributed by atoms with Crippen LogP contribution in [0.15, 0.2) is 18.2 Å². The first-order valence-corrected chi connectivity index (χ1v) is 9.35. The topological polar surface area (TPSA) is 60.2 Å². The molecule has 2 aliphatic rings. The maximum atomic E-state index is 5.98. The number of nitrogen functional groups attached to an aromatic ring is 1. The second-order valence-corrected chi connectivity index (χ2v) is 6.90. The summed E-state index contributed by atoms with van der Waals surface area (Å²) in [6, 6.07) is 6.12. The van der Waals surface area contributed by atoms with Crippen LogP contribution in [0.4, 0.5) is 11.4 Å². The standard InChI is InChI=1S/C19H31N3O3/c1-21-7-9-22(10-8-21)18-6-5-17(20)14-16(18)15-23-12-13-25-19-4-2-3-11-24-19/h5-6,14,19H,2-4,7-13,15,20H2,1H3. The molecule has 0 aromatic heterocycles. The Balaban J connectivity index is 1.46. The van der Waals surface area contributed by atoms with E-state index in [4.69, 9.17) is 19.9 Å². The van der Waals surface area contributed by atoms with Gasteiger partial charge in [0.15, 0.2) is 6.29 Å². The van der Waals surface area contributed by atoms with Gasteiger partial charge in [-0.25, -0.2) is 0 Å². The molecule has 6 heteroatoms. The largest absolute Gasteiger partial charge is 0.399 e. The van der Waals surface area contributed by atoms with Gasteiger partial charge >= 0.3 is 0 Å². The number of likely N-dealkylation sites (N-methyl/N-ethyl adjacent to an activating group) is 1. The molecule has 0 spiro atoms. The molecular weight excluding hydrogens is 318 g/mol. The Labute approximate surface area is 150 Å². The Morgan fingerprint density at radius 1 is 1.16 bits per heavy atom. The first-order valence-electron chi connectivity index (χ1n) is 9.35. The van der Waals surface area contributed by atoms with Crippen molar-refractivity contribution in [1.29, 1.82) is 0 Å². The Bertz CT molecular complexity index is 527. The molecule has 1 atom stereocenters. The zero-order valence-corrected chi connectivity index (χ0v) is 15.3. The van der Waals surface area contributed by atoms with Crippen molar-refractivity contribution < 1.29 is 14.2 Å². The van der Waals surface area contributed by atoms with Crippen LogP contribution in [0.2, 0.25) is 0 Å². The summed E-state index contributed by atoms with van der Waals surface area (Å²) >= 11 is 0. The minimum absolute atomic E-state index is 0.0504. The highest BCUT2D eigenvalue weighted by atomic mass is 16.7. The number of ether oxygens (including phenoxy) is 3. The molecular formula is C19H31N3O3. The lowest BCUT2D eigenvalue weighted by atomic mass is 10.1. The van der Waals surface area contributed by atoms with Crippen molar-refractivity contribution in [2.75, 3.05) is 63.7 Å². The first kappa shape index (κ1) is 18.5. The maximum Gasteiger partial charge on any atom is 0.157 e. The highest BCUT2D eigenvalue weighted by Gasteiger charge is 2.17. The number of hydrogen-bond acceptors (Lipinski definition) is 6. The summed E-state index contributed by atoms with van der Waals surface area (Å²) in [5, 5.41) is 0. The number of piperazine rings is 1. The monoisotopic (exact) mass is 349 g/mol. The SMILES string of the molecule is CN1CCN(c2ccc(N)cc2COCCOC2CCCCO2)CC1. The van der Waals surface area contributed by atoms with Gasteiger partial charge in [-0.2, -0.15) is 0 Å². The summed E-state index contributed by atoms with van der Waals surface area (Å²) in [5.74, 6) is 0. The summed E-state index contributed by atoms with van der Waals surface area (Å²) in [7, 11) is 2.17. The molecule has 1 unspecified atom stereocenters. The molecule has 6 nitrogen and oxygen atoms in total. The van der Waals surface area contributed by atoms with Crippen molar-refractivity contribution in [3.63, 3.8) is 0 Å². The van der Waals surface area contributed by atoms with Crippen molar-refractivity contribution >= 4 is 11.4 Å². The maximum absolute atomic E-state index is 5.98. The lowest BCUT2D eigenvalue weighted by Gasteiger charge is -2.35. The van der Waals surface area contributed by atoms with E-state index < -0.39 is 0 Å². The molecule has 2 heterocycles. The van der Waals surface area contributed by atoms with Crippen molar-refractivity contribution in [2.45, 2.75) is 32.2 Å². The van der Waals surface area contributed by atoms with Crippen LogP contribution in [0.5, 0.6) is 0 Å². The predicted molar refractivity (Wildman–Crippen MR) is 99.8 cm³/mol. The van der Waals surface area contributed by atoms with E-state index in [0.717, 1.165) is 56.9 Å². The second kappa shape index (κ2) is 9.38. The summed E-state index contributed by atoms with van der Waals surface area (Å²) in [4.78, 5) is 4.78. The number of nitrogens with zero attached hydrogens (tertiary/aromatic N) is 2. The fourth-order valence-corrected chi connectivity index (χ4v) is 3.34. The molecule has 0 bridgehead atoms. The normalized spacial score (nSPS) is 22.3. The van der Waals surface area contributed by atoms with Gasteiger partial charge in [0.1, 0.15) is 0 Å². The van der Waals surface area contributed by atoms with Crippen LogP contribution in [0.25, 0.3) is 0 Å². The van der Waals surface area contributed by atoms with Crippen LogP contribution in [-0.4, -0.2) is 64.2 Å². The average Bonchev–Trinajstić information content (AvgIpc) is 2.63. The van der Waals surface area contributed by atoms with Crippen molar-refractivity contribution in [3.8, 4) is 0 Å². The van der Waals surface area contributed by atoms with Crippen LogP contribution in [0.1, 0.15) is 24.8 Å². The molecule has 0 amide bonds. The van der Waals surface area contributed by atoms with Gasteiger partial charge in [0.2, 0.25) is 0 Å². The van der Waals surface area contributed by atoms with Gasteiger partial charge in [-0.05, 0) is 44.5 Å². The van der Waals surface area contributed by atoms with Gasteiger partial charge in [0, 0.05) is 49.7 Å². The number of benzene rings is 1. The van der Waals surface area contributed by atoms with Crippen molar-refractivity contribution in [2.24, 2.45) is 0 Å². The zero-order valence-electron chi connectivity index (χ0n) is 15.3. The Morgan fingerprint density at radius 3 is 2.76 bits per heavy atom. The van der Waals surface area contributed by atoms with E-state index in [-0.39, 0.29) is 6.29 Å². The van der Waals surface area contributed by atoms with E-state index in [9.17, 15) is 0 Å². The molecule has 2 aliphatic heterocycles. The lowest BCUT2D eigenvalue weighted by Crippen LogP contribution is -2.44. The summed E-state index contributed by atoms with van der Waals surface area (Å²) in [6.07, 6.45) is 3.26. The fourth-order valence-electron chi connectivity index (χ4n) is 3.34. The molecule has 2 fully saturated rings. The zero-order chi connectivity index (χ0) is 17.5. The number of hydrogen-bond donors (Lipinski definition) is 1. The van der Waals surface area contributed by atoms with Crippen LogP contribution in [0, 0.1) is 0 Å². The van der Waals surface area contributed by atoms with Crippen molar-refractivity contribution in [3.05, 3.63) is 23.8 Å². The molecule has 1 aromatic rings. The summed E-state index contributed by atoms with van der Waals surface area (Å²) in [5.41, 5.74) is 9.15. The Morgan fingerprint density at radius 2 is 2.00 bits per heavy atom. The molecule has 140 valence electrons. The Kier molecular flexibility index (Phi) is 6.93. The predicted octanol–water partition coefficient (Wildman–Crippen LogP) is 2.08. The Hall–Kier alpha value is -1.34. The van der Waals surface area contributed by atoms with Crippen LogP contribution >= 0.6 is 0 Å². The number of anilines is 2. The highest BCUT2D eigenvalue weighted by molar-refractivity contribution is 5.59. The highest BCUT2D eigenvalue weighted by Crippen LogP contribution is 2.25. The van der Waals surface area contributed by atoms with E-state index >= 15 is 0 Å². The molecule has 0 radical (unpaired) electrons. The number of rotatable bonds is 7. The van der Waals surface area contributed by atoms with E-state index in [2.05, 4.69) is 22.9 Å². The lowest BCUT2D eigenvalue weighted by molar-refractivity contribution is -0.169. The van der Waals surface area contributed by atoms with Crippen LogP contribution in [0.3, 0.4) is 0 Å². The molecule has 3 rings (SSSR count). The van der Waals surface area contributed by atoms with Gasteiger partial charge < -0.3 is 29.7 Å². The van der Waals surface area contributed by atoms with Crippen LogP contribution < -0.4 is 10.6 Å². The molecule has 0 saturated carbocycles. The molecule has 25 heavy (non-hydrogen) atoms. The average molecular weight is 349 g/mol. The fraction of sp³-hybridized carbons (Fsp3) is 0.684. The number of nitrogens with two attached hydrogens (primary N) is 1. The van der Waals surface area contributed by atoms with E-state index in [1.54, 1.807) is 0 Å². The minimum Gasteiger partial charge on any atom is -0.399 e. The van der Waals surface area contributed by atoms with Crippen molar-refractivity contribution in [1.82, 2.24) is 4.90 Å². The quantitative estimate of drug-likeness (QED) is 0.601. The second-order valence-electron chi connectivity index (χ2n) is 6.90. The molecule has 2 saturated heterocycles. The molecule has 2 N–H and O–H groups in total. The summed E-state index contributed by atoms with van der Waals surface area (Å²) in [6.45, 7) is 6.74. The van der Waals surface area contributed by atoms with E-state index in [0.29, 0.717) is 19.8 Å². The molecule has 0 aliphatic carbocycles. The van der Waals surface area contributed by atoms with Crippen LogP contribution in [-0.2, 0) is 20.8 Å². The third-order valence-corrected chi connectivity index (χ3v) is 4.87. The third kappa shape index (κ3) is 5.57. The van der Waals surface area contributed by atoms with Gasteiger partial charge in [-0.15, -0.1) is 0 Å². The van der Waals surface area contributed by atoms with Gasteiger partial charge in [-0.3, -0.25) is 0 Å². The third-order valence-electron chi connectivity index (χ3n) is 4.87. The smallest absolute Gasteiger partial charge is 0.157 e. The van der Waals surface area contributed by atoms with E-state index in [1.807, 2.05) is 12.1 Å². The van der Waals surface area contributed by atoms with Gasteiger partial charge in [-0.1, -0.05) is 0 Å².